The highest BCUT2D eigenvalue weighted by molar-refractivity contribution is 6.30. The van der Waals surface area contributed by atoms with Crippen LogP contribution in [0.2, 0.25) is 5.02 Å². The first-order valence-corrected chi connectivity index (χ1v) is 6.40. The third-order valence-corrected chi connectivity index (χ3v) is 3.26. The second kappa shape index (κ2) is 5.93. The van der Waals surface area contributed by atoms with Crippen molar-refractivity contribution in [1.82, 2.24) is 4.98 Å². The van der Waals surface area contributed by atoms with Gasteiger partial charge < -0.3 is 0 Å². The number of benzene rings is 1. The van der Waals surface area contributed by atoms with Crippen molar-refractivity contribution in [3.05, 3.63) is 64.2 Å². The standard InChI is InChI=1S/C15H13ClFNO/c1-2-10-9-18-7-6-12(10)14(19)8-11-4-3-5-13(16)15(11)17/h3-7,9H,2,8H2,1H3. The van der Waals surface area contributed by atoms with Crippen LogP contribution in [0.5, 0.6) is 0 Å². The van der Waals surface area contributed by atoms with Gasteiger partial charge in [-0.3, -0.25) is 9.78 Å². The van der Waals surface area contributed by atoms with Crippen molar-refractivity contribution in [2.45, 2.75) is 19.8 Å². The Morgan fingerprint density at radius 1 is 1.32 bits per heavy atom. The maximum absolute atomic E-state index is 13.8. The van der Waals surface area contributed by atoms with Gasteiger partial charge >= 0.3 is 0 Å². The monoisotopic (exact) mass is 277 g/mol. The van der Waals surface area contributed by atoms with Gasteiger partial charge in [-0.05, 0) is 29.7 Å². The molecule has 0 aliphatic rings. The molecule has 0 aliphatic heterocycles. The van der Waals surface area contributed by atoms with Gasteiger partial charge in [0, 0.05) is 24.4 Å². The van der Waals surface area contributed by atoms with E-state index in [-0.39, 0.29) is 17.2 Å². The summed E-state index contributed by atoms with van der Waals surface area (Å²) in [4.78, 5) is 16.2. The molecule has 1 heterocycles. The Morgan fingerprint density at radius 2 is 2.11 bits per heavy atom. The van der Waals surface area contributed by atoms with E-state index in [2.05, 4.69) is 4.98 Å². The van der Waals surface area contributed by atoms with Crippen LogP contribution in [0.15, 0.2) is 36.7 Å². The molecule has 2 nitrogen and oxygen atoms in total. The van der Waals surface area contributed by atoms with Gasteiger partial charge in [-0.2, -0.15) is 0 Å². The SMILES string of the molecule is CCc1cnccc1C(=O)Cc1cccc(Cl)c1F. The van der Waals surface area contributed by atoms with E-state index in [9.17, 15) is 9.18 Å². The first-order chi connectivity index (χ1) is 9.13. The van der Waals surface area contributed by atoms with Gasteiger partial charge in [0.15, 0.2) is 5.78 Å². The molecular formula is C15H13ClFNO. The van der Waals surface area contributed by atoms with E-state index in [1.807, 2.05) is 6.92 Å². The molecule has 2 rings (SSSR count). The second-order valence-corrected chi connectivity index (χ2v) is 4.61. The van der Waals surface area contributed by atoms with E-state index in [0.29, 0.717) is 17.5 Å². The van der Waals surface area contributed by atoms with Crippen LogP contribution in [0.4, 0.5) is 4.39 Å². The lowest BCUT2D eigenvalue weighted by atomic mass is 9.99. The van der Waals surface area contributed by atoms with E-state index >= 15 is 0 Å². The minimum atomic E-state index is -0.523. The minimum absolute atomic E-state index is 0.00338. The molecule has 1 aromatic heterocycles. The number of aromatic nitrogens is 1. The van der Waals surface area contributed by atoms with Crippen molar-refractivity contribution in [2.24, 2.45) is 0 Å². The third kappa shape index (κ3) is 2.99. The number of aryl methyl sites for hydroxylation is 1. The van der Waals surface area contributed by atoms with Gasteiger partial charge in [-0.15, -0.1) is 0 Å². The summed E-state index contributed by atoms with van der Waals surface area (Å²) in [5.74, 6) is -0.648. The molecule has 0 fully saturated rings. The van der Waals surface area contributed by atoms with Crippen LogP contribution in [0.25, 0.3) is 0 Å². The lowest BCUT2D eigenvalue weighted by Gasteiger charge is -2.07. The first-order valence-electron chi connectivity index (χ1n) is 6.02. The lowest BCUT2D eigenvalue weighted by Crippen LogP contribution is -2.08. The number of pyridine rings is 1. The molecule has 0 amide bonds. The number of ketones is 1. The fraction of sp³-hybridized carbons (Fsp3) is 0.200. The Labute approximate surface area is 116 Å². The number of rotatable bonds is 4. The summed E-state index contributed by atoms with van der Waals surface area (Å²) in [5, 5.41) is 0.0377. The highest BCUT2D eigenvalue weighted by Crippen LogP contribution is 2.20. The van der Waals surface area contributed by atoms with E-state index in [1.54, 1.807) is 30.6 Å². The number of hydrogen-bond acceptors (Lipinski definition) is 2. The topological polar surface area (TPSA) is 30.0 Å². The second-order valence-electron chi connectivity index (χ2n) is 4.20. The fourth-order valence-electron chi connectivity index (χ4n) is 1.93. The minimum Gasteiger partial charge on any atom is -0.294 e. The third-order valence-electron chi connectivity index (χ3n) is 2.97. The van der Waals surface area contributed by atoms with Crippen molar-refractivity contribution in [2.75, 3.05) is 0 Å². The van der Waals surface area contributed by atoms with E-state index < -0.39 is 5.82 Å². The van der Waals surface area contributed by atoms with Crippen molar-refractivity contribution >= 4 is 17.4 Å². The quantitative estimate of drug-likeness (QED) is 0.794. The summed E-state index contributed by atoms with van der Waals surface area (Å²) in [6.07, 6.45) is 3.96. The summed E-state index contributed by atoms with van der Waals surface area (Å²) in [6, 6.07) is 6.35. The van der Waals surface area contributed by atoms with Crippen LogP contribution >= 0.6 is 11.6 Å². The van der Waals surface area contributed by atoms with Crippen molar-refractivity contribution < 1.29 is 9.18 Å². The number of Topliss-reactive ketones (excluding diaryl/α,β-unsaturated/α-hetero) is 1. The number of carbonyl (C=O) groups excluding carboxylic acids is 1. The van der Waals surface area contributed by atoms with Crippen LogP contribution < -0.4 is 0 Å². The largest absolute Gasteiger partial charge is 0.294 e. The molecule has 0 bridgehead atoms. The molecular weight excluding hydrogens is 265 g/mol. The molecule has 0 N–H and O–H groups in total. The molecule has 1 aromatic carbocycles. The summed E-state index contributed by atoms with van der Waals surface area (Å²) in [7, 11) is 0. The Bertz CT molecular complexity index is 613. The molecule has 0 spiro atoms. The van der Waals surface area contributed by atoms with Crippen LogP contribution in [0.1, 0.15) is 28.4 Å². The average Bonchev–Trinajstić information content (AvgIpc) is 2.43. The highest BCUT2D eigenvalue weighted by atomic mass is 35.5. The van der Waals surface area contributed by atoms with Crippen LogP contribution in [-0.4, -0.2) is 10.8 Å². The Hall–Kier alpha value is -1.74. The Kier molecular flexibility index (Phi) is 4.27. The van der Waals surface area contributed by atoms with E-state index in [1.165, 1.54) is 6.07 Å². The van der Waals surface area contributed by atoms with Crippen LogP contribution in [-0.2, 0) is 12.8 Å². The van der Waals surface area contributed by atoms with Gasteiger partial charge in [0.25, 0.3) is 0 Å². The van der Waals surface area contributed by atoms with Gasteiger partial charge in [0.1, 0.15) is 5.82 Å². The maximum Gasteiger partial charge on any atom is 0.167 e. The van der Waals surface area contributed by atoms with Gasteiger partial charge in [-0.25, -0.2) is 4.39 Å². The number of halogens is 2. The van der Waals surface area contributed by atoms with Crippen LogP contribution in [0.3, 0.4) is 0 Å². The van der Waals surface area contributed by atoms with Gasteiger partial charge in [-0.1, -0.05) is 30.7 Å². The molecule has 0 atom stereocenters. The molecule has 2 aromatic rings. The number of nitrogens with zero attached hydrogens (tertiary/aromatic N) is 1. The number of carbonyl (C=O) groups is 1. The zero-order valence-corrected chi connectivity index (χ0v) is 11.2. The summed E-state index contributed by atoms with van der Waals surface area (Å²) >= 11 is 5.71. The van der Waals surface area contributed by atoms with Crippen molar-refractivity contribution in [3.8, 4) is 0 Å². The molecule has 0 radical (unpaired) electrons. The molecule has 0 saturated carbocycles. The molecule has 98 valence electrons. The molecule has 4 heteroatoms. The van der Waals surface area contributed by atoms with Crippen molar-refractivity contribution in [3.63, 3.8) is 0 Å². The zero-order valence-electron chi connectivity index (χ0n) is 10.5. The first kappa shape index (κ1) is 13.7. The molecule has 0 saturated heterocycles. The predicted octanol–water partition coefficient (Wildman–Crippen LogP) is 3.86. The van der Waals surface area contributed by atoms with E-state index in [0.717, 1.165) is 5.56 Å². The molecule has 0 aliphatic carbocycles. The van der Waals surface area contributed by atoms with Gasteiger partial charge in [0.2, 0.25) is 0 Å². The Morgan fingerprint density at radius 3 is 2.84 bits per heavy atom. The predicted molar refractivity (Wildman–Crippen MR) is 73.1 cm³/mol. The van der Waals surface area contributed by atoms with Gasteiger partial charge in [0.05, 0.1) is 5.02 Å². The summed E-state index contributed by atoms with van der Waals surface area (Å²) in [5.41, 5.74) is 1.78. The Balaban J connectivity index is 2.28. The van der Waals surface area contributed by atoms with Crippen LogP contribution in [0, 0.1) is 5.82 Å². The molecule has 19 heavy (non-hydrogen) atoms. The van der Waals surface area contributed by atoms with E-state index in [4.69, 9.17) is 11.6 Å². The highest BCUT2D eigenvalue weighted by Gasteiger charge is 2.14. The maximum atomic E-state index is 13.8. The summed E-state index contributed by atoms with van der Waals surface area (Å²) < 4.78 is 13.8. The molecule has 0 unspecified atom stereocenters. The fourth-order valence-corrected chi connectivity index (χ4v) is 2.13. The zero-order chi connectivity index (χ0) is 13.8. The number of hydrogen-bond donors (Lipinski definition) is 0. The smallest absolute Gasteiger partial charge is 0.167 e. The normalized spacial score (nSPS) is 10.5. The lowest BCUT2D eigenvalue weighted by molar-refractivity contribution is 0.0991. The average molecular weight is 278 g/mol. The summed E-state index contributed by atoms with van der Waals surface area (Å²) in [6.45, 7) is 1.95. The van der Waals surface area contributed by atoms with Crippen molar-refractivity contribution in [1.29, 1.82) is 0 Å².